The van der Waals surface area contributed by atoms with E-state index < -0.39 is 0 Å². The zero-order valence-corrected chi connectivity index (χ0v) is 13.5. The Bertz CT molecular complexity index is 862. The number of amides is 1. The summed E-state index contributed by atoms with van der Waals surface area (Å²) in [5.41, 5.74) is 1.23. The number of aromatic nitrogens is 2. The largest absolute Gasteiger partial charge is 0.496 e. The van der Waals surface area contributed by atoms with Crippen LogP contribution >= 0.6 is 0 Å². The van der Waals surface area contributed by atoms with Crippen LogP contribution in [0.4, 0.5) is 10.1 Å². The van der Waals surface area contributed by atoms with Gasteiger partial charge in [-0.1, -0.05) is 12.1 Å². The summed E-state index contributed by atoms with van der Waals surface area (Å²) in [5, 5.41) is 10.6. The zero-order chi connectivity index (χ0) is 17.6. The molecule has 1 aromatic heterocycles. The molecular formula is C18H16FN3O3. The Morgan fingerprint density at radius 1 is 1.16 bits per heavy atom. The summed E-state index contributed by atoms with van der Waals surface area (Å²) >= 11 is 0. The number of methoxy groups -OCH3 is 1. The molecular weight excluding hydrogens is 325 g/mol. The lowest BCUT2D eigenvalue weighted by Crippen LogP contribution is -2.12. The molecule has 2 aromatic carbocycles. The number of benzene rings is 2. The lowest BCUT2D eigenvalue weighted by molar-refractivity contribution is -0.116. The summed E-state index contributed by atoms with van der Waals surface area (Å²) in [7, 11) is 1.57. The Morgan fingerprint density at radius 3 is 2.68 bits per heavy atom. The molecule has 3 aromatic rings. The average molecular weight is 341 g/mol. The molecule has 0 aliphatic rings. The third kappa shape index (κ3) is 4.20. The van der Waals surface area contributed by atoms with Gasteiger partial charge in [-0.05, 0) is 36.4 Å². The van der Waals surface area contributed by atoms with Crippen LogP contribution < -0.4 is 10.1 Å². The second kappa shape index (κ2) is 7.57. The van der Waals surface area contributed by atoms with Gasteiger partial charge >= 0.3 is 0 Å². The fourth-order valence-corrected chi connectivity index (χ4v) is 2.26. The number of nitrogens with one attached hydrogen (secondary N) is 1. The van der Waals surface area contributed by atoms with Gasteiger partial charge in [-0.3, -0.25) is 4.79 Å². The van der Waals surface area contributed by atoms with Gasteiger partial charge in [0.2, 0.25) is 11.8 Å². The summed E-state index contributed by atoms with van der Waals surface area (Å²) in [6, 6.07) is 12.9. The molecule has 0 saturated heterocycles. The monoisotopic (exact) mass is 341 g/mol. The predicted molar refractivity (Wildman–Crippen MR) is 89.6 cm³/mol. The van der Waals surface area contributed by atoms with Crippen molar-refractivity contribution in [2.45, 2.75) is 12.8 Å². The molecule has 7 heteroatoms. The number of aryl methyl sites for hydroxylation is 1. The fourth-order valence-electron chi connectivity index (χ4n) is 2.26. The van der Waals surface area contributed by atoms with Gasteiger partial charge in [0.1, 0.15) is 11.6 Å². The molecule has 0 atom stereocenters. The fraction of sp³-hybridized carbons (Fsp3) is 0.167. The summed E-state index contributed by atoms with van der Waals surface area (Å²) in [6.45, 7) is 0. The number of carbonyl (C=O) groups is 1. The van der Waals surface area contributed by atoms with Crippen molar-refractivity contribution in [1.82, 2.24) is 10.2 Å². The van der Waals surface area contributed by atoms with Gasteiger partial charge in [-0.25, -0.2) is 4.39 Å². The molecule has 0 aliphatic heterocycles. The maximum atomic E-state index is 12.8. The van der Waals surface area contributed by atoms with Crippen LogP contribution in [0, 0.1) is 5.82 Å². The van der Waals surface area contributed by atoms with Crippen LogP contribution in [-0.2, 0) is 11.2 Å². The van der Waals surface area contributed by atoms with Gasteiger partial charge < -0.3 is 14.5 Å². The van der Waals surface area contributed by atoms with E-state index in [0.717, 1.165) is 0 Å². The van der Waals surface area contributed by atoms with E-state index in [1.54, 1.807) is 13.2 Å². The molecule has 1 amide bonds. The Hall–Kier alpha value is -3.22. The number of nitrogens with zero attached hydrogens (tertiary/aromatic N) is 2. The lowest BCUT2D eigenvalue weighted by Gasteiger charge is -2.04. The highest BCUT2D eigenvalue weighted by atomic mass is 19.1. The molecule has 0 saturated carbocycles. The molecule has 0 spiro atoms. The molecule has 1 N–H and O–H groups in total. The lowest BCUT2D eigenvalue weighted by atomic mass is 10.2. The minimum absolute atomic E-state index is 0.172. The zero-order valence-electron chi connectivity index (χ0n) is 13.5. The Labute approximate surface area is 143 Å². The van der Waals surface area contributed by atoms with Crippen molar-refractivity contribution in [2.75, 3.05) is 12.4 Å². The van der Waals surface area contributed by atoms with Crippen molar-refractivity contribution in [3.63, 3.8) is 0 Å². The smallest absolute Gasteiger partial charge is 0.251 e. The van der Waals surface area contributed by atoms with Crippen LogP contribution in [0.15, 0.2) is 52.9 Å². The van der Waals surface area contributed by atoms with Gasteiger partial charge in [0.05, 0.1) is 12.7 Å². The first-order chi connectivity index (χ1) is 12.2. The molecule has 128 valence electrons. The van der Waals surface area contributed by atoms with Crippen molar-refractivity contribution >= 4 is 11.6 Å². The van der Waals surface area contributed by atoms with Crippen molar-refractivity contribution < 1.29 is 18.3 Å². The number of carbonyl (C=O) groups excluding carboxylic acids is 1. The van der Waals surface area contributed by atoms with Crippen molar-refractivity contribution in [3.05, 3.63) is 60.2 Å². The molecule has 0 radical (unpaired) electrons. The normalized spacial score (nSPS) is 10.5. The van der Waals surface area contributed by atoms with E-state index in [-0.39, 0.29) is 18.1 Å². The molecule has 25 heavy (non-hydrogen) atoms. The van der Waals surface area contributed by atoms with E-state index in [2.05, 4.69) is 15.5 Å². The molecule has 0 unspecified atom stereocenters. The average Bonchev–Trinajstić information content (AvgIpc) is 3.11. The molecule has 0 fully saturated rings. The number of para-hydroxylation sites is 1. The first-order valence-electron chi connectivity index (χ1n) is 7.67. The highest BCUT2D eigenvalue weighted by molar-refractivity contribution is 5.90. The number of ether oxygens (including phenoxy) is 1. The molecule has 0 bridgehead atoms. The maximum absolute atomic E-state index is 12.8. The van der Waals surface area contributed by atoms with Crippen molar-refractivity contribution in [1.29, 1.82) is 0 Å². The van der Waals surface area contributed by atoms with Gasteiger partial charge in [-0.15, -0.1) is 10.2 Å². The minimum Gasteiger partial charge on any atom is -0.496 e. The second-order valence-corrected chi connectivity index (χ2v) is 5.26. The van der Waals surface area contributed by atoms with E-state index in [9.17, 15) is 9.18 Å². The topological polar surface area (TPSA) is 77.2 Å². The van der Waals surface area contributed by atoms with Crippen LogP contribution in [0.3, 0.4) is 0 Å². The van der Waals surface area contributed by atoms with Crippen LogP contribution in [0.2, 0.25) is 0 Å². The maximum Gasteiger partial charge on any atom is 0.251 e. The summed E-state index contributed by atoms with van der Waals surface area (Å²) in [6.07, 6.45) is 0.472. The number of rotatable bonds is 6. The van der Waals surface area contributed by atoms with Crippen molar-refractivity contribution in [3.8, 4) is 17.2 Å². The molecule has 1 heterocycles. The summed E-state index contributed by atoms with van der Waals surface area (Å²) in [4.78, 5) is 11.9. The van der Waals surface area contributed by atoms with E-state index in [0.29, 0.717) is 35.2 Å². The standard InChI is InChI=1S/C18H16FN3O3/c1-24-15-5-3-2-4-14(15)18-22-21-17(25-18)11-10-16(23)20-13-8-6-12(19)7-9-13/h2-9H,10-11H2,1H3,(H,20,23). The Morgan fingerprint density at radius 2 is 1.92 bits per heavy atom. The van der Waals surface area contributed by atoms with Crippen molar-refractivity contribution in [2.24, 2.45) is 0 Å². The number of anilines is 1. The van der Waals surface area contributed by atoms with Crippen LogP contribution in [0.5, 0.6) is 5.75 Å². The number of halogens is 1. The highest BCUT2D eigenvalue weighted by Crippen LogP contribution is 2.28. The first-order valence-corrected chi connectivity index (χ1v) is 7.67. The van der Waals surface area contributed by atoms with Gasteiger partial charge in [-0.2, -0.15) is 0 Å². The number of hydrogen-bond acceptors (Lipinski definition) is 5. The van der Waals surface area contributed by atoms with E-state index >= 15 is 0 Å². The third-order valence-corrected chi connectivity index (χ3v) is 3.50. The summed E-state index contributed by atoms with van der Waals surface area (Å²) < 4.78 is 23.7. The Balaban J connectivity index is 1.60. The number of hydrogen-bond donors (Lipinski definition) is 1. The summed E-state index contributed by atoms with van der Waals surface area (Å²) in [5.74, 6) is 0.754. The van der Waals surface area contributed by atoms with Crippen LogP contribution in [-0.4, -0.2) is 23.2 Å². The highest BCUT2D eigenvalue weighted by Gasteiger charge is 2.14. The SMILES string of the molecule is COc1ccccc1-c1nnc(CCC(=O)Nc2ccc(F)cc2)o1. The van der Waals surface area contributed by atoms with Gasteiger partial charge in [0, 0.05) is 18.5 Å². The van der Waals surface area contributed by atoms with Gasteiger partial charge in [0.25, 0.3) is 5.89 Å². The van der Waals surface area contributed by atoms with E-state index in [1.165, 1.54) is 24.3 Å². The predicted octanol–water partition coefficient (Wildman–Crippen LogP) is 3.46. The Kier molecular flexibility index (Phi) is 5.03. The first kappa shape index (κ1) is 16.6. The third-order valence-electron chi connectivity index (χ3n) is 3.50. The molecule has 0 aliphatic carbocycles. The molecule has 3 rings (SSSR count). The van der Waals surface area contributed by atoms with Gasteiger partial charge in [0.15, 0.2) is 0 Å². The van der Waals surface area contributed by atoms with Crippen LogP contribution in [0.25, 0.3) is 11.5 Å². The molecule has 6 nitrogen and oxygen atoms in total. The van der Waals surface area contributed by atoms with E-state index in [1.807, 2.05) is 18.2 Å². The minimum atomic E-state index is -0.354. The second-order valence-electron chi connectivity index (χ2n) is 5.26. The quantitative estimate of drug-likeness (QED) is 0.743. The van der Waals surface area contributed by atoms with Crippen LogP contribution in [0.1, 0.15) is 12.3 Å². The van der Waals surface area contributed by atoms with E-state index in [4.69, 9.17) is 9.15 Å².